The zero-order chi connectivity index (χ0) is 15.2. The lowest BCUT2D eigenvalue weighted by Gasteiger charge is -2.38. The van der Waals surface area contributed by atoms with Crippen LogP contribution in [0.5, 0.6) is 0 Å². The maximum Gasteiger partial charge on any atom is 0.237 e. The van der Waals surface area contributed by atoms with E-state index in [1.165, 1.54) is 0 Å². The number of nitrogens with one attached hydrogen (secondary N) is 1. The summed E-state index contributed by atoms with van der Waals surface area (Å²) in [5.74, 6) is 0.0612. The van der Waals surface area contributed by atoms with Gasteiger partial charge < -0.3 is 10.2 Å². The first-order chi connectivity index (χ1) is 10.1. The van der Waals surface area contributed by atoms with Crippen molar-refractivity contribution in [3.8, 4) is 0 Å². The summed E-state index contributed by atoms with van der Waals surface area (Å²) >= 11 is 6.04. The van der Waals surface area contributed by atoms with Crippen LogP contribution in [-0.4, -0.2) is 49.6 Å². The molecule has 4 nitrogen and oxygen atoms in total. The molecular weight excluding hydrogens is 286 g/mol. The van der Waals surface area contributed by atoms with Crippen molar-refractivity contribution in [2.75, 3.05) is 37.6 Å². The molecule has 0 aromatic heterocycles. The highest BCUT2D eigenvalue weighted by atomic mass is 35.5. The lowest BCUT2D eigenvalue weighted by atomic mass is 10.2. The van der Waals surface area contributed by atoms with Gasteiger partial charge in [0.15, 0.2) is 0 Å². The van der Waals surface area contributed by atoms with Gasteiger partial charge in [-0.05, 0) is 25.1 Å². The van der Waals surface area contributed by atoms with Gasteiger partial charge in [0.1, 0.15) is 0 Å². The molecule has 1 amide bonds. The number of anilines is 1. The topological polar surface area (TPSA) is 35.6 Å². The summed E-state index contributed by atoms with van der Waals surface area (Å²) in [7, 11) is 0. The summed E-state index contributed by atoms with van der Waals surface area (Å²) in [6, 6.07) is 7.80. The molecule has 0 radical (unpaired) electrons. The Hall–Kier alpha value is -1.52. The standard InChI is InChI=1S/C16H22ClN3O/c1-3-7-18-16(21)13(2)19-8-10-20(11-9-19)15-6-4-5-14(17)12-15/h3-6,12-13H,1,7-11H2,2H3,(H,18,21)/t13-/m1/s1. The van der Waals surface area contributed by atoms with Gasteiger partial charge in [-0.2, -0.15) is 0 Å². The molecule has 0 aliphatic carbocycles. The molecule has 1 N–H and O–H groups in total. The number of piperazine rings is 1. The van der Waals surface area contributed by atoms with Crippen molar-refractivity contribution in [1.29, 1.82) is 0 Å². The molecule has 1 atom stereocenters. The molecule has 2 rings (SSSR count). The number of halogens is 1. The predicted octanol–water partition coefficient (Wildman–Crippen LogP) is 2.15. The zero-order valence-corrected chi connectivity index (χ0v) is 13.1. The molecule has 0 spiro atoms. The van der Waals surface area contributed by atoms with E-state index < -0.39 is 0 Å². The average Bonchev–Trinajstić information content (AvgIpc) is 2.52. The van der Waals surface area contributed by atoms with Crippen LogP contribution in [0, 0.1) is 0 Å². The third-order valence-electron chi connectivity index (χ3n) is 3.84. The monoisotopic (exact) mass is 307 g/mol. The van der Waals surface area contributed by atoms with Crippen molar-refractivity contribution in [2.24, 2.45) is 0 Å². The van der Waals surface area contributed by atoms with Gasteiger partial charge in [-0.15, -0.1) is 6.58 Å². The number of nitrogens with zero attached hydrogens (tertiary/aromatic N) is 2. The molecule has 114 valence electrons. The first kappa shape index (κ1) is 15.9. The fourth-order valence-corrected chi connectivity index (χ4v) is 2.71. The van der Waals surface area contributed by atoms with E-state index in [0.29, 0.717) is 6.54 Å². The molecule has 1 aliphatic rings. The summed E-state index contributed by atoms with van der Waals surface area (Å²) in [6.45, 7) is 9.63. The third kappa shape index (κ3) is 4.22. The van der Waals surface area contributed by atoms with Crippen LogP contribution in [0.15, 0.2) is 36.9 Å². The Bertz CT molecular complexity index is 498. The van der Waals surface area contributed by atoms with Gasteiger partial charge in [-0.3, -0.25) is 9.69 Å². The molecule has 1 aliphatic heterocycles. The number of hydrogen-bond acceptors (Lipinski definition) is 3. The summed E-state index contributed by atoms with van der Waals surface area (Å²) in [5, 5.41) is 3.61. The van der Waals surface area contributed by atoms with E-state index in [2.05, 4.69) is 27.8 Å². The predicted molar refractivity (Wildman–Crippen MR) is 87.9 cm³/mol. The van der Waals surface area contributed by atoms with Crippen LogP contribution in [0.4, 0.5) is 5.69 Å². The van der Waals surface area contributed by atoms with Gasteiger partial charge in [0, 0.05) is 43.4 Å². The smallest absolute Gasteiger partial charge is 0.237 e. The van der Waals surface area contributed by atoms with Crippen LogP contribution in [0.25, 0.3) is 0 Å². The van der Waals surface area contributed by atoms with E-state index in [4.69, 9.17) is 11.6 Å². The van der Waals surface area contributed by atoms with Crippen LogP contribution in [0.3, 0.4) is 0 Å². The lowest BCUT2D eigenvalue weighted by Crippen LogP contribution is -2.54. The van der Waals surface area contributed by atoms with Gasteiger partial charge in [0.25, 0.3) is 0 Å². The molecule has 5 heteroatoms. The van der Waals surface area contributed by atoms with Gasteiger partial charge in [-0.25, -0.2) is 0 Å². The van der Waals surface area contributed by atoms with Crippen molar-refractivity contribution in [3.05, 3.63) is 41.9 Å². The second-order valence-corrected chi connectivity index (χ2v) is 5.65. The summed E-state index contributed by atoms with van der Waals surface area (Å²) in [4.78, 5) is 16.5. The Morgan fingerprint density at radius 2 is 2.14 bits per heavy atom. The second-order valence-electron chi connectivity index (χ2n) is 5.21. The van der Waals surface area contributed by atoms with Crippen LogP contribution in [0.2, 0.25) is 5.02 Å². The summed E-state index contributed by atoms with van der Waals surface area (Å²) < 4.78 is 0. The minimum absolute atomic E-state index is 0.0612. The lowest BCUT2D eigenvalue weighted by molar-refractivity contribution is -0.125. The summed E-state index contributed by atoms with van der Waals surface area (Å²) in [6.07, 6.45) is 1.70. The molecule has 1 aromatic carbocycles. The molecule has 0 saturated carbocycles. The van der Waals surface area contributed by atoms with E-state index in [-0.39, 0.29) is 11.9 Å². The molecule has 1 heterocycles. The van der Waals surface area contributed by atoms with E-state index in [1.807, 2.05) is 25.1 Å². The Labute approximate surface area is 131 Å². The van der Waals surface area contributed by atoms with Crippen LogP contribution in [-0.2, 0) is 4.79 Å². The highest BCUT2D eigenvalue weighted by molar-refractivity contribution is 6.30. The highest BCUT2D eigenvalue weighted by Gasteiger charge is 2.25. The fourth-order valence-electron chi connectivity index (χ4n) is 2.53. The number of carbonyl (C=O) groups is 1. The Morgan fingerprint density at radius 3 is 2.76 bits per heavy atom. The van der Waals surface area contributed by atoms with Gasteiger partial charge >= 0.3 is 0 Å². The van der Waals surface area contributed by atoms with Gasteiger partial charge in [0.05, 0.1) is 6.04 Å². The van der Waals surface area contributed by atoms with E-state index in [9.17, 15) is 4.79 Å². The number of carbonyl (C=O) groups excluding carboxylic acids is 1. The molecule has 0 unspecified atom stereocenters. The minimum Gasteiger partial charge on any atom is -0.369 e. The van der Waals surface area contributed by atoms with Gasteiger partial charge in [0.2, 0.25) is 5.91 Å². The van der Waals surface area contributed by atoms with E-state index >= 15 is 0 Å². The van der Waals surface area contributed by atoms with Crippen molar-refractivity contribution in [2.45, 2.75) is 13.0 Å². The maximum absolute atomic E-state index is 12.0. The zero-order valence-electron chi connectivity index (χ0n) is 12.4. The van der Waals surface area contributed by atoms with Crippen molar-refractivity contribution in [1.82, 2.24) is 10.2 Å². The average molecular weight is 308 g/mol. The minimum atomic E-state index is -0.105. The molecule has 1 aromatic rings. The van der Waals surface area contributed by atoms with Crippen molar-refractivity contribution < 1.29 is 4.79 Å². The molecule has 0 bridgehead atoms. The number of benzene rings is 1. The Balaban J connectivity index is 1.88. The fraction of sp³-hybridized carbons (Fsp3) is 0.438. The van der Waals surface area contributed by atoms with Crippen LogP contribution < -0.4 is 10.2 Å². The SMILES string of the molecule is C=CCNC(=O)[C@@H](C)N1CCN(c2cccc(Cl)c2)CC1. The van der Waals surface area contributed by atoms with Gasteiger partial charge in [-0.1, -0.05) is 23.7 Å². The third-order valence-corrected chi connectivity index (χ3v) is 4.07. The molecule has 1 saturated heterocycles. The number of amides is 1. The molecule has 1 fully saturated rings. The first-order valence-electron chi connectivity index (χ1n) is 7.25. The molecule has 21 heavy (non-hydrogen) atoms. The second kappa shape index (κ2) is 7.48. The van der Waals surface area contributed by atoms with Crippen molar-refractivity contribution in [3.63, 3.8) is 0 Å². The highest BCUT2D eigenvalue weighted by Crippen LogP contribution is 2.21. The largest absolute Gasteiger partial charge is 0.369 e. The van der Waals surface area contributed by atoms with Crippen molar-refractivity contribution >= 4 is 23.2 Å². The van der Waals surface area contributed by atoms with Crippen LogP contribution >= 0.6 is 11.6 Å². The van der Waals surface area contributed by atoms with E-state index in [0.717, 1.165) is 36.9 Å². The Kier molecular flexibility index (Phi) is 5.65. The normalized spacial score (nSPS) is 17.3. The summed E-state index contributed by atoms with van der Waals surface area (Å²) in [5.41, 5.74) is 1.14. The number of rotatable bonds is 5. The van der Waals surface area contributed by atoms with Crippen LogP contribution in [0.1, 0.15) is 6.92 Å². The first-order valence-corrected chi connectivity index (χ1v) is 7.63. The Morgan fingerprint density at radius 1 is 1.43 bits per heavy atom. The quantitative estimate of drug-likeness (QED) is 0.847. The molecular formula is C16H22ClN3O. The van der Waals surface area contributed by atoms with E-state index in [1.54, 1.807) is 6.08 Å². The number of hydrogen-bond donors (Lipinski definition) is 1. The maximum atomic E-state index is 12.0.